The second-order valence-corrected chi connectivity index (χ2v) is 6.49. The normalized spacial score (nSPS) is 11.2. The van der Waals surface area contributed by atoms with E-state index in [2.05, 4.69) is 56.4 Å². The Labute approximate surface area is 127 Å². The minimum Gasteiger partial charge on any atom is -0.381 e. The van der Waals surface area contributed by atoms with E-state index in [0.717, 1.165) is 23.5 Å². The molecule has 1 aromatic carbocycles. The predicted molar refractivity (Wildman–Crippen MR) is 87.3 cm³/mol. The summed E-state index contributed by atoms with van der Waals surface area (Å²) in [5, 5.41) is 12.5. The minimum absolute atomic E-state index is 0.177. The zero-order chi connectivity index (χ0) is 15.6. The maximum atomic E-state index is 9.06. The van der Waals surface area contributed by atoms with E-state index in [9.17, 15) is 0 Å². The first-order valence-corrected chi connectivity index (χ1v) is 7.22. The second kappa shape index (κ2) is 5.65. The summed E-state index contributed by atoms with van der Waals surface area (Å²) in [5.41, 5.74) is 5.60. The Balaban J connectivity index is 2.09. The molecule has 0 atom stereocenters. The van der Waals surface area contributed by atoms with Crippen LogP contribution in [0, 0.1) is 18.3 Å². The van der Waals surface area contributed by atoms with Crippen molar-refractivity contribution in [2.24, 2.45) is 7.05 Å². The SMILES string of the molecule is Cc1c(CNc2ccc(C(C)(C)C)cc2)cc(C#N)n1C. The quantitative estimate of drug-likeness (QED) is 0.919. The van der Waals surface area contributed by atoms with Gasteiger partial charge in [0.1, 0.15) is 11.8 Å². The van der Waals surface area contributed by atoms with Gasteiger partial charge in [-0.2, -0.15) is 5.26 Å². The molecular weight excluding hydrogens is 258 g/mol. The van der Waals surface area contributed by atoms with Crippen LogP contribution >= 0.6 is 0 Å². The summed E-state index contributed by atoms with van der Waals surface area (Å²) in [7, 11) is 1.93. The molecule has 0 aliphatic rings. The molecule has 0 saturated heterocycles. The van der Waals surface area contributed by atoms with E-state index >= 15 is 0 Å². The highest BCUT2D eigenvalue weighted by Gasteiger charge is 2.13. The average Bonchev–Trinajstić information content (AvgIpc) is 2.72. The molecule has 0 fully saturated rings. The van der Waals surface area contributed by atoms with E-state index in [1.54, 1.807) is 0 Å². The number of nitrogens with zero attached hydrogens (tertiary/aromatic N) is 2. The van der Waals surface area contributed by atoms with Crippen LogP contribution in [-0.4, -0.2) is 4.57 Å². The third-order valence-corrected chi connectivity index (χ3v) is 3.99. The van der Waals surface area contributed by atoms with E-state index in [4.69, 9.17) is 5.26 Å². The number of benzene rings is 1. The van der Waals surface area contributed by atoms with Crippen LogP contribution in [0.25, 0.3) is 0 Å². The number of hydrogen-bond acceptors (Lipinski definition) is 2. The van der Waals surface area contributed by atoms with Crippen LogP contribution < -0.4 is 5.32 Å². The van der Waals surface area contributed by atoms with E-state index < -0.39 is 0 Å². The Morgan fingerprint density at radius 1 is 1.19 bits per heavy atom. The Kier molecular flexibility index (Phi) is 4.09. The molecule has 0 saturated carbocycles. The number of nitriles is 1. The molecule has 2 rings (SSSR count). The molecule has 0 bridgehead atoms. The van der Waals surface area contributed by atoms with Crippen molar-refractivity contribution in [1.29, 1.82) is 5.26 Å². The highest BCUT2D eigenvalue weighted by Crippen LogP contribution is 2.24. The molecule has 0 spiro atoms. The van der Waals surface area contributed by atoms with E-state index in [1.165, 1.54) is 5.56 Å². The Morgan fingerprint density at radius 3 is 2.29 bits per heavy atom. The zero-order valence-corrected chi connectivity index (χ0v) is 13.5. The molecule has 2 aromatic rings. The molecular formula is C18H23N3. The van der Waals surface area contributed by atoms with Crippen LogP contribution in [0.15, 0.2) is 30.3 Å². The lowest BCUT2D eigenvalue weighted by Crippen LogP contribution is -2.10. The van der Waals surface area contributed by atoms with Gasteiger partial charge in [0.25, 0.3) is 0 Å². The van der Waals surface area contributed by atoms with Crippen molar-refractivity contribution in [3.8, 4) is 6.07 Å². The lowest BCUT2D eigenvalue weighted by molar-refractivity contribution is 0.590. The minimum atomic E-state index is 0.177. The summed E-state index contributed by atoms with van der Waals surface area (Å²) >= 11 is 0. The lowest BCUT2D eigenvalue weighted by atomic mass is 9.87. The van der Waals surface area contributed by atoms with Crippen LogP contribution in [0.4, 0.5) is 5.69 Å². The predicted octanol–water partition coefficient (Wildman–Crippen LogP) is 4.11. The summed E-state index contributed by atoms with van der Waals surface area (Å²) in [6, 6.07) is 12.7. The zero-order valence-electron chi connectivity index (χ0n) is 13.5. The highest BCUT2D eigenvalue weighted by atomic mass is 15.0. The fourth-order valence-electron chi connectivity index (χ4n) is 2.33. The standard InChI is InChI=1S/C18H23N3/c1-13-14(10-17(11-19)21(13)5)12-20-16-8-6-15(7-9-16)18(2,3)4/h6-10,20H,12H2,1-5H3. The molecule has 0 unspecified atom stereocenters. The van der Waals surface area contributed by atoms with Crippen molar-refractivity contribution in [1.82, 2.24) is 4.57 Å². The second-order valence-electron chi connectivity index (χ2n) is 6.49. The van der Waals surface area contributed by atoms with Gasteiger partial charge in [0.15, 0.2) is 0 Å². The van der Waals surface area contributed by atoms with Crippen LogP contribution in [0.2, 0.25) is 0 Å². The summed E-state index contributed by atoms with van der Waals surface area (Å²) in [6.45, 7) is 9.42. The number of aromatic nitrogens is 1. The van der Waals surface area contributed by atoms with E-state index in [1.807, 2.05) is 24.6 Å². The van der Waals surface area contributed by atoms with Gasteiger partial charge in [-0.05, 0) is 41.7 Å². The number of hydrogen-bond donors (Lipinski definition) is 1. The fraction of sp³-hybridized carbons (Fsp3) is 0.389. The number of rotatable bonds is 3. The first kappa shape index (κ1) is 15.2. The van der Waals surface area contributed by atoms with Crippen molar-refractivity contribution in [3.05, 3.63) is 52.8 Å². The third kappa shape index (κ3) is 3.28. The van der Waals surface area contributed by atoms with Crippen molar-refractivity contribution in [2.45, 2.75) is 39.7 Å². The largest absolute Gasteiger partial charge is 0.381 e. The molecule has 3 nitrogen and oxygen atoms in total. The summed E-state index contributed by atoms with van der Waals surface area (Å²) in [6.07, 6.45) is 0. The Hall–Kier alpha value is -2.21. The van der Waals surface area contributed by atoms with Gasteiger partial charge in [0.05, 0.1) is 0 Å². The van der Waals surface area contributed by atoms with Crippen molar-refractivity contribution in [3.63, 3.8) is 0 Å². The van der Waals surface area contributed by atoms with Crippen molar-refractivity contribution in [2.75, 3.05) is 5.32 Å². The van der Waals surface area contributed by atoms with Gasteiger partial charge in [-0.3, -0.25) is 0 Å². The Bertz CT molecular complexity index is 664. The monoisotopic (exact) mass is 281 g/mol. The van der Waals surface area contributed by atoms with Gasteiger partial charge in [0.2, 0.25) is 0 Å². The number of anilines is 1. The first-order valence-electron chi connectivity index (χ1n) is 7.22. The van der Waals surface area contributed by atoms with Crippen LogP contribution in [0.5, 0.6) is 0 Å². The topological polar surface area (TPSA) is 40.8 Å². The summed E-state index contributed by atoms with van der Waals surface area (Å²) in [5.74, 6) is 0. The molecule has 0 radical (unpaired) electrons. The molecule has 3 heteroatoms. The first-order chi connectivity index (χ1) is 9.82. The van der Waals surface area contributed by atoms with Crippen molar-refractivity contribution < 1.29 is 0 Å². The fourth-order valence-corrected chi connectivity index (χ4v) is 2.33. The average molecular weight is 281 g/mol. The molecule has 0 amide bonds. The van der Waals surface area contributed by atoms with Gasteiger partial charge in [0, 0.05) is 25.0 Å². The Morgan fingerprint density at radius 2 is 1.81 bits per heavy atom. The van der Waals surface area contributed by atoms with Crippen LogP contribution in [0.1, 0.15) is 43.3 Å². The highest BCUT2D eigenvalue weighted by molar-refractivity contribution is 5.47. The molecule has 0 aliphatic carbocycles. The van der Waals surface area contributed by atoms with Gasteiger partial charge < -0.3 is 9.88 Å². The smallest absolute Gasteiger partial charge is 0.120 e. The molecule has 1 aromatic heterocycles. The van der Waals surface area contributed by atoms with E-state index in [0.29, 0.717) is 5.69 Å². The molecule has 110 valence electrons. The van der Waals surface area contributed by atoms with Gasteiger partial charge in [-0.1, -0.05) is 32.9 Å². The molecule has 0 aliphatic heterocycles. The maximum Gasteiger partial charge on any atom is 0.120 e. The molecule has 1 heterocycles. The van der Waals surface area contributed by atoms with Crippen LogP contribution in [0.3, 0.4) is 0 Å². The third-order valence-electron chi connectivity index (χ3n) is 3.99. The summed E-state index contributed by atoms with van der Waals surface area (Å²) in [4.78, 5) is 0. The lowest BCUT2D eigenvalue weighted by Gasteiger charge is -2.19. The van der Waals surface area contributed by atoms with E-state index in [-0.39, 0.29) is 5.41 Å². The maximum absolute atomic E-state index is 9.06. The van der Waals surface area contributed by atoms with Crippen molar-refractivity contribution >= 4 is 5.69 Å². The van der Waals surface area contributed by atoms with Gasteiger partial charge in [-0.15, -0.1) is 0 Å². The molecule has 1 N–H and O–H groups in total. The summed E-state index contributed by atoms with van der Waals surface area (Å²) < 4.78 is 1.93. The van der Waals surface area contributed by atoms with Gasteiger partial charge in [-0.25, -0.2) is 0 Å². The molecule has 21 heavy (non-hydrogen) atoms. The van der Waals surface area contributed by atoms with Gasteiger partial charge >= 0.3 is 0 Å². The van der Waals surface area contributed by atoms with Crippen LogP contribution in [-0.2, 0) is 19.0 Å². The number of nitrogens with one attached hydrogen (secondary N) is 1.